The highest BCUT2D eigenvalue weighted by atomic mass is 32.2. The fraction of sp³-hybridized carbons (Fsp3) is 0.400. The van der Waals surface area contributed by atoms with Crippen molar-refractivity contribution < 1.29 is 18.0 Å². The molecule has 118 valence electrons. The Labute approximate surface area is 130 Å². The van der Waals surface area contributed by atoms with Crippen molar-refractivity contribution in [1.29, 1.82) is 5.26 Å². The fourth-order valence-corrected chi connectivity index (χ4v) is 3.30. The molecule has 6 nitrogen and oxygen atoms in total. The van der Waals surface area contributed by atoms with Crippen LogP contribution in [-0.2, 0) is 14.8 Å². The minimum absolute atomic E-state index is 0.0764. The minimum atomic E-state index is -3.90. The molecule has 0 heterocycles. The number of nitriles is 1. The summed E-state index contributed by atoms with van der Waals surface area (Å²) in [6.07, 6.45) is -0.299. The molecule has 0 aliphatic heterocycles. The van der Waals surface area contributed by atoms with E-state index in [2.05, 4.69) is 0 Å². The van der Waals surface area contributed by atoms with Gasteiger partial charge in [0.05, 0.1) is 17.2 Å². The molecule has 0 radical (unpaired) electrons. The van der Waals surface area contributed by atoms with Gasteiger partial charge in [0.2, 0.25) is 15.9 Å². The van der Waals surface area contributed by atoms with Gasteiger partial charge in [-0.1, -0.05) is 30.3 Å². The van der Waals surface area contributed by atoms with Crippen molar-refractivity contribution >= 4 is 21.7 Å². The number of hydrogen-bond acceptors (Lipinski definition) is 5. The van der Waals surface area contributed by atoms with Gasteiger partial charge in [0, 0.05) is 18.4 Å². The van der Waals surface area contributed by atoms with Gasteiger partial charge < -0.3 is 0 Å². The van der Waals surface area contributed by atoms with Gasteiger partial charge in [0.15, 0.2) is 5.78 Å². The maximum Gasteiger partial charge on any atom is 0.236 e. The molecule has 1 amide bonds. The summed E-state index contributed by atoms with van der Waals surface area (Å²) >= 11 is 0. The molecule has 1 aromatic rings. The highest BCUT2D eigenvalue weighted by molar-refractivity contribution is 7.90. The molecular formula is C15H18N2O4S. The molecule has 0 saturated heterocycles. The summed E-state index contributed by atoms with van der Waals surface area (Å²) in [5.41, 5.74) is -0.616. The van der Waals surface area contributed by atoms with Crippen molar-refractivity contribution in [3.8, 4) is 6.07 Å². The maximum absolute atomic E-state index is 11.8. The molecule has 0 aliphatic rings. The Bertz CT molecular complexity index is 688. The first-order valence-electron chi connectivity index (χ1n) is 6.68. The third-order valence-corrected chi connectivity index (χ3v) is 4.44. The molecule has 22 heavy (non-hydrogen) atoms. The van der Waals surface area contributed by atoms with E-state index in [9.17, 15) is 18.0 Å². The third-order valence-electron chi connectivity index (χ3n) is 2.80. The van der Waals surface area contributed by atoms with E-state index in [-0.39, 0.29) is 18.6 Å². The lowest BCUT2D eigenvalue weighted by Crippen LogP contribution is -2.37. The number of carbonyl (C=O) groups excluding carboxylic acids is 2. The number of nitrogens with one attached hydrogen (secondary N) is 1. The number of ketones is 1. The van der Waals surface area contributed by atoms with Crippen LogP contribution >= 0.6 is 0 Å². The summed E-state index contributed by atoms with van der Waals surface area (Å²) < 4.78 is 25.4. The smallest absolute Gasteiger partial charge is 0.236 e. The minimum Gasteiger partial charge on any atom is -0.294 e. The highest BCUT2D eigenvalue weighted by Crippen LogP contribution is 2.15. The molecule has 0 aliphatic carbocycles. The van der Waals surface area contributed by atoms with Crippen molar-refractivity contribution in [3.05, 3.63) is 35.9 Å². The quantitative estimate of drug-likeness (QED) is 0.769. The summed E-state index contributed by atoms with van der Waals surface area (Å²) in [5.74, 6) is -1.46. The number of hydrogen-bond donors (Lipinski definition) is 1. The van der Waals surface area contributed by atoms with E-state index in [0.717, 1.165) is 0 Å². The van der Waals surface area contributed by atoms with Crippen molar-refractivity contribution in [1.82, 2.24) is 4.72 Å². The first kappa shape index (κ1) is 17.9. The second-order valence-electron chi connectivity index (χ2n) is 5.57. The van der Waals surface area contributed by atoms with Crippen LogP contribution in [0.15, 0.2) is 30.3 Å². The van der Waals surface area contributed by atoms with Crippen molar-refractivity contribution in [2.45, 2.75) is 26.7 Å². The zero-order valence-electron chi connectivity index (χ0n) is 12.5. The Morgan fingerprint density at radius 2 is 1.77 bits per heavy atom. The average molecular weight is 322 g/mol. The van der Waals surface area contributed by atoms with Gasteiger partial charge in [-0.3, -0.25) is 14.3 Å². The van der Waals surface area contributed by atoms with Gasteiger partial charge in [0.25, 0.3) is 0 Å². The van der Waals surface area contributed by atoms with Crippen molar-refractivity contribution in [3.63, 3.8) is 0 Å². The zero-order valence-corrected chi connectivity index (χ0v) is 13.3. The van der Waals surface area contributed by atoms with Crippen LogP contribution in [0.4, 0.5) is 0 Å². The van der Waals surface area contributed by atoms with E-state index >= 15 is 0 Å². The number of nitrogens with zero attached hydrogens (tertiary/aromatic N) is 1. The van der Waals surface area contributed by atoms with Crippen LogP contribution in [0.2, 0.25) is 0 Å². The predicted octanol–water partition coefficient (Wildman–Crippen LogP) is 1.65. The standard InChI is InChI=1S/C15H18N2O4S/c1-15(2,10-16)11-22(20,21)17-14(19)9-8-13(18)12-6-4-3-5-7-12/h3-7H,8-9,11H2,1-2H3,(H,17,19). The summed E-state index contributed by atoms with van der Waals surface area (Å²) in [6, 6.07) is 10.3. The second kappa shape index (κ2) is 7.18. The number of carbonyl (C=O) groups is 2. The molecule has 1 N–H and O–H groups in total. The van der Waals surface area contributed by atoms with E-state index in [1.165, 1.54) is 13.8 Å². The van der Waals surface area contributed by atoms with Gasteiger partial charge in [-0.05, 0) is 13.8 Å². The van der Waals surface area contributed by atoms with Gasteiger partial charge in [0.1, 0.15) is 0 Å². The molecule has 0 unspecified atom stereocenters. The van der Waals surface area contributed by atoms with Crippen LogP contribution in [0, 0.1) is 16.7 Å². The zero-order chi connectivity index (χ0) is 16.8. The fourth-order valence-electron chi connectivity index (χ4n) is 1.76. The lowest BCUT2D eigenvalue weighted by molar-refractivity contribution is -0.119. The van der Waals surface area contributed by atoms with Crippen molar-refractivity contribution in [2.75, 3.05) is 5.75 Å². The number of rotatable bonds is 7. The van der Waals surface area contributed by atoms with E-state index in [4.69, 9.17) is 5.26 Å². The number of benzene rings is 1. The Kier molecular flexibility index (Phi) is 5.83. The first-order chi connectivity index (χ1) is 10.2. The SMILES string of the molecule is CC(C)(C#N)CS(=O)(=O)NC(=O)CCC(=O)c1ccccc1. The monoisotopic (exact) mass is 322 g/mol. The summed E-state index contributed by atoms with van der Waals surface area (Å²) in [5, 5.41) is 8.82. The lowest BCUT2D eigenvalue weighted by Gasteiger charge is -2.15. The van der Waals surface area contributed by atoms with Gasteiger partial charge >= 0.3 is 0 Å². The topological polar surface area (TPSA) is 104 Å². The average Bonchev–Trinajstić information content (AvgIpc) is 2.44. The Morgan fingerprint density at radius 3 is 2.32 bits per heavy atom. The largest absolute Gasteiger partial charge is 0.294 e. The van der Waals surface area contributed by atoms with Crippen LogP contribution in [0.1, 0.15) is 37.0 Å². The molecule has 7 heteroatoms. The van der Waals surface area contributed by atoms with Gasteiger partial charge in [-0.2, -0.15) is 5.26 Å². The molecule has 0 aromatic heterocycles. The van der Waals surface area contributed by atoms with E-state index in [1.807, 2.05) is 10.8 Å². The first-order valence-corrected chi connectivity index (χ1v) is 8.33. The van der Waals surface area contributed by atoms with Crippen LogP contribution in [0.3, 0.4) is 0 Å². The number of Topliss-reactive ketones (excluding diaryl/α,β-unsaturated/α-hetero) is 1. The van der Waals surface area contributed by atoms with Crippen LogP contribution in [0.5, 0.6) is 0 Å². The maximum atomic E-state index is 11.8. The van der Waals surface area contributed by atoms with Gasteiger partial charge in [-0.25, -0.2) is 8.42 Å². The summed E-state index contributed by atoms with van der Waals surface area (Å²) in [6.45, 7) is 2.94. The van der Waals surface area contributed by atoms with E-state index < -0.39 is 27.1 Å². The third kappa shape index (κ3) is 6.06. The Hall–Kier alpha value is -2.20. The highest BCUT2D eigenvalue weighted by Gasteiger charge is 2.27. The Balaban J connectivity index is 2.54. The molecule has 1 aromatic carbocycles. The molecule has 0 atom stereocenters. The predicted molar refractivity (Wildman–Crippen MR) is 81.3 cm³/mol. The molecule has 0 spiro atoms. The molecule has 0 bridgehead atoms. The van der Waals surface area contributed by atoms with Crippen LogP contribution < -0.4 is 4.72 Å². The summed E-state index contributed by atoms with van der Waals surface area (Å²) in [4.78, 5) is 23.5. The van der Waals surface area contributed by atoms with Crippen LogP contribution in [0.25, 0.3) is 0 Å². The molecule has 0 saturated carbocycles. The molecular weight excluding hydrogens is 304 g/mol. The van der Waals surface area contributed by atoms with E-state index in [1.54, 1.807) is 30.3 Å². The summed E-state index contributed by atoms with van der Waals surface area (Å²) in [7, 11) is -3.90. The number of amides is 1. The van der Waals surface area contributed by atoms with Crippen molar-refractivity contribution in [2.24, 2.45) is 5.41 Å². The second-order valence-corrected chi connectivity index (χ2v) is 7.29. The Morgan fingerprint density at radius 1 is 1.18 bits per heavy atom. The molecule has 1 rings (SSSR count). The normalized spacial score (nSPS) is 11.5. The molecule has 0 fully saturated rings. The van der Waals surface area contributed by atoms with Gasteiger partial charge in [-0.15, -0.1) is 0 Å². The number of sulfonamides is 1. The van der Waals surface area contributed by atoms with Crippen LogP contribution in [-0.4, -0.2) is 25.9 Å². The van der Waals surface area contributed by atoms with E-state index in [0.29, 0.717) is 5.56 Å². The lowest BCUT2D eigenvalue weighted by atomic mass is 10.00.